The highest BCUT2D eigenvalue weighted by Gasteiger charge is 2.24. The van der Waals surface area contributed by atoms with Crippen molar-refractivity contribution < 1.29 is 4.79 Å². The van der Waals surface area contributed by atoms with Crippen LogP contribution < -0.4 is 5.32 Å². The fraction of sp³-hybridized carbons (Fsp3) is 0.688. The zero-order chi connectivity index (χ0) is 15.3. The van der Waals surface area contributed by atoms with Crippen molar-refractivity contribution in [3.8, 4) is 0 Å². The number of thiophene rings is 1. The maximum Gasteiger partial charge on any atom is 0.221 e. The van der Waals surface area contributed by atoms with E-state index in [1.54, 1.807) is 11.3 Å². The molecule has 0 saturated carbocycles. The van der Waals surface area contributed by atoms with Gasteiger partial charge in [-0.05, 0) is 31.8 Å². The van der Waals surface area contributed by atoms with Crippen molar-refractivity contribution in [2.75, 3.05) is 39.3 Å². The zero-order valence-corrected chi connectivity index (χ0v) is 14.2. The van der Waals surface area contributed by atoms with E-state index in [1.165, 1.54) is 4.88 Å². The summed E-state index contributed by atoms with van der Waals surface area (Å²) >= 11 is 1.69. The van der Waals surface area contributed by atoms with Crippen LogP contribution >= 0.6 is 11.3 Å². The van der Waals surface area contributed by atoms with Crippen LogP contribution in [-0.2, 0) is 10.3 Å². The molecule has 0 aliphatic carbocycles. The number of likely N-dealkylation sites (N-methyl/N-ethyl adjacent to an activating group) is 1. The molecule has 1 N–H and O–H groups in total. The number of amides is 1. The molecule has 0 bridgehead atoms. The molecule has 5 heteroatoms. The predicted octanol–water partition coefficient (Wildman–Crippen LogP) is 2.13. The number of carbonyl (C=O) groups is 1. The van der Waals surface area contributed by atoms with Crippen LogP contribution in [-0.4, -0.2) is 55.0 Å². The van der Waals surface area contributed by atoms with Crippen LogP contribution in [0.25, 0.3) is 0 Å². The summed E-state index contributed by atoms with van der Waals surface area (Å²) in [4.78, 5) is 18.2. The first-order valence-electron chi connectivity index (χ1n) is 7.81. The van der Waals surface area contributed by atoms with Gasteiger partial charge in [-0.2, -0.15) is 0 Å². The van der Waals surface area contributed by atoms with Gasteiger partial charge in [0.25, 0.3) is 0 Å². The Kier molecular flexibility index (Phi) is 5.79. The molecule has 1 fully saturated rings. The SMILES string of the molecule is CCN1CCN(CCC(=O)NC(C)(C)c2cccs2)CC1. The van der Waals surface area contributed by atoms with Gasteiger partial charge in [0, 0.05) is 44.0 Å². The van der Waals surface area contributed by atoms with E-state index in [-0.39, 0.29) is 11.4 Å². The van der Waals surface area contributed by atoms with E-state index in [0.29, 0.717) is 6.42 Å². The quantitative estimate of drug-likeness (QED) is 0.874. The van der Waals surface area contributed by atoms with Crippen molar-refractivity contribution in [3.05, 3.63) is 22.4 Å². The molecule has 118 valence electrons. The molecule has 1 aliphatic rings. The highest BCUT2D eigenvalue weighted by Crippen LogP contribution is 2.24. The Labute approximate surface area is 132 Å². The normalized spacial score (nSPS) is 17.9. The van der Waals surface area contributed by atoms with E-state index < -0.39 is 0 Å². The van der Waals surface area contributed by atoms with Gasteiger partial charge in [0.05, 0.1) is 5.54 Å². The van der Waals surface area contributed by atoms with Crippen LogP contribution in [0.15, 0.2) is 17.5 Å². The van der Waals surface area contributed by atoms with Gasteiger partial charge >= 0.3 is 0 Å². The third-order valence-electron chi connectivity index (χ3n) is 4.16. The molecule has 1 saturated heterocycles. The Morgan fingerprint density at radius 1 is 1.29 bits per heavy atom. The number of nitrogens with one attached hydrogen (secondary N) is 1. The predicted molar refractivity (Wildman–Crippen MR) is 88.7 cm³/mol. The molecule has 21 heavy (non-hydrogen) atoms. The molecule has 1 aliphatic heterocycles. The number of hydrogen-bond donors (Lipinski definition) is 1. The van der Waals surface area contributed by atoms with Crippen molar-refractivity contribution >= 4 is 17.2 Å². The molecule has 0 aromatic carbocycles. The lowest BCUT2D eigenvalue weighted by Gasteiger charge is -2.34. The molecule has 2 rings (SSSR count). The Morgan fingerprint density at radius 3 is 2.52 bits per heavy atom. The van der Waals surface area contributed by atoms with Crippen molar-refractivity contribution in [1.29, 1.82) is 0 Å². The Morgan fingerprint density at radius 2 is 1.95 bits per heavy atom. The molecule has 4 nitrogen and oxygen atoms in total. The first-order chi connectivity index (χ1) is 10.0. The molecule has 0 radical (unpaired) electrons. The molecule has 2 heterocycles. The van der Waals surface area contributed by atoms with Gasteiger partial charge in [-0.1, -0.05) is 13.0 Å². The third kappa shape index (κ3) is 4.80. The minimum absolute atomic E-state index is 0.145. The second-order valence-electron chi connectivity index (χ2n) is 6.18. The van der Waals surface area contributed by atoms with E-state index in [0.717, 1.165) is 39.3 Å². The molecular weight excluding hydrogens is 282 g/mol. The summed E-state index contributed by atoms with van der Waals surface area (Å²) in [5.74, 6) is 0.145. The van der Waals surface area contributed by atoms with Crippen LogP contribution in [0.5, 0.6) is 0 Å². The summed E-state index contributed by atoms with van der Waals surface area (Å²) in [5.41, 5.74) is -0.272. The van der Waals surface area contributed by atoms with Gasteiger partial charge < -0.3 is 15.1 Å². The summed E-state index contributed by atoms with van der Waals surface area (Å²) < 4.78 is 0. The van der Waals surface area contributed by atoms with Crippen LogP contribution in [0.4, 0.5) is 0 Å². The average molecular weight is 309 g/mol. The number of piperazine rings is 1. The average Bonchev–Trinajstić information content (AvgIpc) is 3.00. The maximum atomic E-state index is 12.2. The van der Waals surface area contributed by atoms with Gasteiger partial charge in [0.15, 0.2) is 0 Å². The van der Waals surface area contributed by atoms with Gasteiger partial charge in [0.2, 0.25) is 5.91 Å². The van der Waals surface area contributed by atoms with Gasteiger partial charge in [-0.15, -0.1) is 11.3 Å². The molecule has 0 unspecified atom stereocenters. The standard InChI is InChI=1S/C16H27N3OS/c1-4-18-9-11-19(12-10-18)8-7-15(20)17-16(2,3)14-6-5-13-21-14/h5-6,13H,4,7-12H2,1-3H3,(H,17,20). The van der Waals surface area contributed by atoms with Gasteiger partial charge in [-0.25, -0.2) is 0 Å². The molecular formula is C16H27N3OS. The Bertz CT molecular complexity index is 436. The third-order valence-corrected chi connectivity index (χ3v) is 5.35. The fourth-order valence-corrected chi connectivity index (χ4v) is 3.50. The molecule has 1 aromatic rings. The van der Waals surface area contributed by atoms with E-state index in [9.17, 15) is 4.79 Å². The van der Waals surface area contributed by atoms with Gasteiger partial charge in [-0.3, -0.25) is 4.79 Å². The van der Waals surface area contributed by atoms with Crippen molar-refractivity contribution in [3.63, 3.8) is 0 Å². The van der Waals surface area contributed by atoms with Crippen LogP contribution in [0.1, 0.15) is 32.1 Å². The number of nitrogens with zero attached hydrogens (tertiary/aromatic N) is 2. The van der Waals surface area contributed by atoms with E-state index in [2.05, 4.69) is 47.3 Å². The summed E-state index contributed by atoms with van der Waals surface area (Å²) in [7, 11) is 0. The zero-order valence-electron chi connectivity index (χ0n) is 13.4. The molecule has 0 atom stereocenters. The lowest BCUT2D eigenvalue weighted by molar-refractivity contribution is -0.123. The molecule has 0 spiro atoms. The fourth-order valence-electron chi connectivity index (χ4n) is 2.70. The maximum absolute atomic E-state index is 12.2. The molecule has 1 amide bonds. The number of carbonyl (C=O) groups excluding carboxylic acids is 1. The Balaban J connectivity index is 1.73. The summed E-state index contributed by atoms with van der Waals surface area (Å²) in [6.45, 7) is 12.7. The van der Waals surface area contributed by atoms with Gasteiger partial charge in [0.1, 0.15) is 0 Å². The van der Waals surface area contributed by atoms with Crippen LogP contribution in [0.2, 0.25) is 0 Å². The monoisotopic (exact) mass is 309 g/mol. The van der Waals surface area contributed by atoms with Crippen molar-refractivity contribution in [1.82, 2.24) is 15.1 Å². The lowest BCUT2D eigenvalue weighted by Crippen LogP contribution is -2.47. The van der Waals surface area contributed by atoms with E-state index in [4.69, 9.17) is 0 Å². The number of hydrogen-bond acceptors (Lipinski definition) is 4. The van der Waals surface area contributed by atoms with Crippen molar-refractivity contribution in [2.24, 2.45) is 0 Å². The second kappa shape index (κ2) is 7.38. The highest BCUT2D eigenvalue weighted by atomic mass is 32.1. The highest BCUT2D eigenvalue weighted by molar-refractivity contribution is 7.10. The van der Waals surface area contributed by atoms with Crippen molar-refractivity contribution in [2.45, 2.75) is 32.7 Å². The first kappa shape index (κ1) is 16.5. The second-order valence-corrected chi connectivity index (χ2v) is 7.12. The first-order valence-corrected chi connectivity index (χ1v) is 8.69. The molecule has 1 aromatic heterocycles. The number of rotatable bonds is 6. The minimum Gasteiger partial charge on any atom is -0.346 e. The summed E-state index contributed by atoms with van der Waals surface area (Å²) in [6, 6.07) is 4.11. The Hall–Kier alpha value is -0.910. The van der Waals surface area contributed by atoms with E-state index in [1.807, 2.05) is 6.07 Å². The van der Waals surface area contributed by atoms with Crippen LogP contribution in [0.3, 0.4) is 0 Å². The van der Waals surface area contributed by atoms with E-state index >= 15 is 0 Å². The minimum atomic E-state index is -0.272. The smallest absolute Gasteiger partial charge is 0.221 e. The topological polar surface area (TPSA) is 35.6 Å². The van der Waals surface area contributed by atoms with Crippen LogP contribution in [0, 0.1) is 0 Å². The summed E-state index contributed by atoms with van der Waals surface area (Å²) in [6.07, 6.45) is 0.584. The largest absolute Gasteiger partial charge is 0.346 e. The lowest BCUT2D eigenvalue weighted by atomic mass is 10.0. The summed E-state index contributed by atoms with van der Waals surface area (Å²) in [5, 5.41) is 5.20.